The van der Waals surface area contributed by atoms with Crippen molar-refractivity contribution in [3.63, 3.8) is 0 Å². The zero-order chi connectivity index (χ0) is 22.5. The van der Waals surface area contributed by atoms with Gasteiger partial charge in [-0.3, -0.25) is 4.79 Å². The molecule has 1 heterocycles. The first-order valence-electron chi connectivity index (χ1n) is 11.5. The minimum absolute atomic E-state index is 0.0731. The van der Waals surface area contributed by atoms with Gasteiger partial charge in [-0.15, -0.1) is 10.2 Å². The van der Waals surface area contributed by atoms with Crippen LogP contribution in [0.15, 0.2) is 41.6 Å². The van der Waals surface area contributed by atoms with Crippen molar-refractivity contribution in [2.75, 3.05) is 5.75 Å². The molecule has 170 valence electrons. The van der Waals surface area contributed by atoms with Gasteiger partial charge in [0.1, 0.15) is 12.4 Å². The van der Waals surface area contributed by atoms with E-state index in [1.165, 1.54) is 41.8 Å². The number of fused-ring (bicyclic) bond motifs is 1. The van der Waals surface area contributed by atoms with E-state index in [-0.39, 0.29) is 5.91 Å². The Labute approximate surface area is 194 Å². The average Bonchev–Trinajstić information content (AvgIpc) is 3.21. The van der Waals surface area contributed by atoms with Crippen molar-refractivity contribution >= 4 is 28.4 Å². The summed E-state index contributed by atoms with van der Waals surface area (Å²) < 4.78 is 8.14. The summed E-state index contributed by atoms with van der Waals surface area (Å²) in [6.45, 7) is 7.43. The standard InChI is InChI=1S/C25H32N4O2S/c1-4-29-23(15-31-22-14-13-19-10-6-7-11-20(19)18(22)3)27-28-25(29)32-16-24(30)26-21-12-8-5-9-17(21)2/h6-7,10-11,13-14,17,21H,4-5,8-9,12,15-16H2,1-3H3,(H,26,30)/t17-,21+/m0/s1. The molecule has 0 saturated heterocycles. The van der Waals surface area contributed by atoms with Crippen molar-refractivity contribution in [2.24, 2.45) is 5.92 Å². The second kappa shape index (κ2) is 10.4. The highest BCUT2D eigenvalue weighted by atomic mass is 32.2. The SMILES string of the molecule is CCn1c(COc2ccc3ccccc3c2C)nnc1SCC(=O)N[C@@H]1CCCC[C@@H]1C. The first kappa shape index (κ1) is 22.6. The number of aromatic nitrogens is 3. The molecule has 0 unspecified atom stereocenters. The molecule has 0 radical (unpaired) electrons. The molecule has 0 aliphatic heterocycles. The molecule has 1 aliphatic rings. The van der Waals surface area contributed by atoms with Crippen LogP contribution in [0.2, 0.25) is 0 Å². The quantitative estimate of drug-likeness (QED) is 0.480. The van der Waals surface area contributed by atoms with E-state index in [1.54, 1.807) is 0 Å². The molecule has 0 bridgehead atoms. The molecule has 2 aromatic carbocycles. The Morgan fingerprint density at radius 1 is 1.19 bits per heavy atom. The number of rotatable bonds is 8. The predicted molar refractivity (Wildman–Crippen MR) is 129 cm³/mol. The minimum atomic E-state index is 0.0731. The fourth-order valence-corrected chi connectivity index (χ4v) is 5.30. The Morgan fingerprint density at radius 3 is 2.81 bits per heavy atom. The highest BCUT2D eigenvalue weighted by Gasteiger charge is 2.23. The molecule has 1 amide bonds. The van der Waals surface area contributed by atoms with Gasteiger partial charge in [0.2, 0.25) is 5.91 Å². The van der Waals surface area contributed by atoms with Gasteiger partial charge in [0.05, 0.1) is 5.75 Å². The Kier molecular flexibility index (Phi) is 7.35. The van der Waals surface area contributed by atoms with Crippen molar-refractivity contribution in [2.45, 2.75) is 70.8 Å². The molecule has 3 aromatic rings. The van der Waals surface area contributed by atoms with E-state index in [0.717, 1.165) is 35.3 Å². The Hall–Kier alpha value is -2.54. The summed E-state index contributed by atoms with van der Waals surface area (Å²) in [6, 6.07) is 12.7. The third-order valence-corrected chi connectivity index (χ3v) is 7.37. The lowest BCUT2D eigenvalue weighted by Gasteiger charge is -2.29. The average molecular weight is 453 g/mol. The van der Waals surface area contributed by atoms with E-state index in [9.17, 15) is 4.79 Å². The molecule has 1 aliphatic carbocycles. The van der Waals surface area contributed by atoms with Crippen molar-refractivity contribution in [3.05, 3.63) is 47.8 Å². The summed E-state index contributed by atoms with van der Waals surface area (Å²) in [5.41, 5.74) is 1.12. The van der Waals surface area contributed by atoms with Crippen LogP contribution >= 0.6 is 11.8 Å². The van der Waals surface area contributed by atoms with Gasteiger partial charge in [0.25, 0.3) is 0 Å². The maximum Gasteiger partial charge on any atom is 0.230 e. The second-order valence-electron chi connectivity index (χ2n) is 8.57. The predicted octanol–water partition coefficient (Wildman–Crippen LogP) is 5.13. The number of aryl methyl sites for hydroxylation is 1. The molecule has 32 heavy (non-hydrogen) atoms. The van der Waals surface area contributed by atoms with Crippen LogP contribution in [0.25, 0.3) is 10.8 Å². The lowest BCUT2D eigenvalue weighted by Crippen LogP contribution is -2.41. The normalized spacial score (nSPS) is 18.6. The molecule has 1 saturated carbocycles. The molecule has 1 fully saturated rings. The summed E-state index contributed by atoms with van der Waals surface area (Å²) in [6.07, 6.45) is 4.75. The zero-order valence-corrected chi connectivity index (χ0v) is 20.0. The topological polar surface area (TPSA) is 69.0 Å². The number of carbonyl (C=O) groups is 1. The zero-order valence-electron chi connectivity index (χ0n) is 19.1. The molecule has 1 aromatic heterocycles. The van der Waals surface area contributed by atoms with Gasteiger partial charge < -0.3 is 14.6 Å². The van der Waals surface area contributed by atoms with Crippen LogP contribution in [-0.2, 0) is 17.9 Å². The number of nitrogens with one attached hydrogen (secondary N) is 1. The van der Waals surface area contributed by atoms with Gasteiger partial charge in [-0.1, -0.05) is 61.9 Å². The van der Waals surface area contributed by atoms with Crippen LogP contribution in [0, 0.1) is 12.8 Å². The van der Waals surface area contributed by atoms with E-state index in [0.29, 0.717) is 24.3 Å². The van der Waals surface area contributed by atoms with Crippen LogP contribution in [0.3, 0.4) is 0 Å². The van der Waals surface area contributed by atoms with Crippen LogP contribution in [0.5, 0.6) is 5.75 Å². The molecule has 1 N–H and O–H groups in total. The third kappa shape index (κ3) is 5.09. The molecule has 4 rings (SSSR count). The molecule has 7 heteroatoms. The number of hydrogen-bond acceptors (Lipinski definition) is 5. The first-order chi connectivity index (χ1) is 15.6. The Bertz CT molecular complexity index is 1080. The maximum atomic E-state index is 12.5. The van der Waals surface area contributed by atoms with Crippen molar-refractivity contribution < 1.29 is 9.53 Å². The van der Waals surface area contributed by atoms with Crippen LogP contribution in [-0.4, -0.2) is 32.5 Å². The smallest absolute Gasteiger partial charge is 0.230 e. The van der Waals surface area contributed by atoms with E-state index < -0.39 is 0 Å². The molecule has 0 spiro atoms. The van der Waals surface area contributed by atoms with Gasteiger partial charge >= 0.3 is 0 Å². The third-order valence-electron chi connectivity index (χ3n) is 6.41. The van der Waals surface area contributed by atoms with E-state index >= 15 is 0 Å². The maximum absolute atomic E-state index is 12.5. The number of nitrogens with zero attached hydrogens (tertiary/aromatic N) is 3. The Balaban J connectivity index is 1.37. The molecular weight excluding hydrogens is 420 g/mol. The largest absolute Gasteiger partial charge is 0.485 e. The van der Waals surface area contributed by atoms with Gasteiger partial charge in [-0.2, -0.15) is 0 Å². The fourth-order valence-electron chi connectivity index (χ4n) is 4.47. The first-order valence-corrected chi connectivity index (χ1v) is 12.5. The number of benzene rings is 2. The Morgan fingerprint density at radius 2 is 2.00 bits per heavy atom. The summed E-state index contributed by atoms with van der Waals surface area (Å²) >= 11 is 1.44. The van der Waals surface area contributed by atoms with E-state index in [1.807, 2.05) is 22.8 Å². The number of amides is 1. The van der Waals surface area contributed by atoms with Crippen molar-refractivity contribution in [1.29, 1.82) is 0 Å². The molecule has 2 atom stereocenters. The lowest BCUT2D eigenvalue weighted by molar-refractivity contribution is -0.119. The monoisotopic (exact) mass is 452 g/mol. The highest BCUT2D eigenvalue weighted by molar-refractivity contribution is 7.99. The summed E-state index contributed by atoms with van der Waals surface area (Å²) in [5.74, 6) is 2.60. The van der Waals surface area contributed by atoms with Crippen LogP contribution in [0.1, 0.15) is 50.9 Å². The van der Waals surface area contributed by atoms with Crippen LogP contribution in [0.4, 0.5) is 0 Å². The number of ether oxygens (including phenoxy) is 1. The van der Waals surface area contributed by atoms with Gasteiger partial charge in [0, 0.05) is 12.6 Å². The summed E-state index contributed by atoms with van der Waals surface area (Å²) in [5, 5.41) is 15.0. The molecule has 6 nitrogen and oxygen atoms in total. The highest BCUT2D eigenvalue weighted by Crippen LogP contribution is 2.28. The van der Waals surface area contributed by atoms with Crippen molar-refractivity contribution in [3.8, 4) is 5.75 Å². The van der Waals surface area contributed by atoms with Crippen LogP contribution < -0.4 is 10.1 Å². The summed E-state index contributed by atoms with van der Waals surface area (Å²) in [7, 11) is 0. The van der Waals surface area contributed by atoms with Gasteiger partial charge in [0.15, 0.2) is 11.0 Å². The molecular formula is C25H32N4O2S. The van der Waals surface area contributed by atoms with Gasteiger partial charge in [-0.25, -0.2) is 0 Å². The van der Waals surface area contributed by atoms with E-state index in [4.69, 9.17) is 4.74 Å². The number of carbonyl (C=O) groups excluding carboxylic acids is 1. The number of thioether (sulfide) groups is 1. The van der Waals surface area contributed by atoms with E-state index in [2.05, 4.69) is 54.5 Å². The number of hydrogen-bond donors (Lipinski definition) is 1. The minimum Gasteiger partial charge on any atom is -0.485 e. The van der Waals surface area contributed by atoms with Gasteiger partial charge in [-0.05, 0) is 55.0 Å². The van der Waals surface area contributed by atoms with Crippen molar-refractivity contribution in [1.82, 2.24) is 20.1 Å². The second-order valence-corrected chi connectivity index (χ2v) is 9.51. The summed E-state index contributed by atoms with van der Waals surface area (Å²) in [4.78, 5) is 12.5. The lowest BCUT2D eigenvalue weighted by atomic mass is 9.86. The fraction of sp³-hybridized carbons (Fsp3) is 0.480.